The Hall–Kier alpha value is -6.09. The Labute approximate surface area is 318 Å². The normalized spacial score (nSPS) is 20.2. The zero-order valence-corrected chi connectivity index (χ0v) is 30.3. The third-order valence-corrected chi connectivity index (χ3v) is 13.6. The first kappa shape index (κ1) is 30.4. The quantitative estimate of drug-likeness (QED) is 0.170. The van der Waals surface area contributed by atoms with E-state index in [1.807, 2.05) is 17.8 Å². The van der Waals surface area contributed by atoms with Gasteiger partial charge >= 0.3 is 0 Å². The number of para-hydroxylation sites is 1. The van der Waals surface area contributed by atoms with Crippen LogP contribution in [0.15, 0.2) is 190 Å². The molecule has 12 rings (SSSR count). The third-order valence-electron chi connectivity index (χ3n) is 12.3. The van der Waals surface area contributed by atoms with Crippen molar-refractivity contribution in [1.29, 1.82) is 0 Å². The smallest absolute Gasteiger partial charge is 0.136 e. The van der Waals surface area contributed by atoms with Crippen molar-refractivity contribution in [2.75, 3.05) is 0 Å². The number of hydrogen-bond donors (Lipinski definition) is 0. The van der Waals surface area contributed by atoms with E-state index in [-0.39, 0.29) is 5.92 Å². The van der Waals surface area contributed by atoms with E-state index in [0.29, 0.717) is 11.8 Å². The van der Waals surface area contributed by atoms with Crippen molar-refractivity contribution in [3.8, 4) is 0 Å². The lowest BCUT2D eigenvalue weighted by molar-refractivity contribution is 0.669. The molecule has 0 radical (unpaired) electrons. The molecule has 54 heavy (non-hydrogen) atoms. The van der Waals surface area contributed by atoms with E-state index in [9.17, 15) is 0 Å². The van der Waals surface area contributed by atoms with Gasteiger partial charge in [0, 0.05) is 33.4 Å². The second-order valence-corrected chi connectivity index (χ2v) is 16.1. The number of benzene rings is 7. The Morgan fingerprint density at radius 2 is 1.15 bits per heavy atom. The van der Waals surface area contributed by atoms with Gasteiger partial charge in [-0.05, 0) is 101 Å². The lowest BCUT2D eigenvalue weighted by Crippen LogP contribution is -2.19. The second-order valence-electron chi connectivity index (χ2n) is 15.0. The van der Waals surface area contributed by atoms with Gasteiger partial charge in [-0.3, -0.25) is 0 Å². The fraction of sp³-hybridized carbons (Fsp3) is 0.0769. The summed E-state index contributed by atoms with van der Waals surface area (Å²) in [6, 6.07) is 46.9. The lowest BCUT2D eigenvalue weighted by atomic mass is 9.70. The summed E-state index contributed by atoms with van der Waals surface area (Å²) in [6.45, 7) is 0. The molecule has 1 aliphatic heterocycles. The van der Waals surface area contributed by atoms with Gasteiger partial charge in [-0.1, -0.05) is 170 Å². The summed E-state index contributed by atoms with van der Waals surface area (Å²) in [7, 11) is 0. The Morgan fingerprint density at radius 1 is 0.500 bits per heavy atom. The molecule has 0 amide bonds. The highest BCUT2D eigenvalue weighted by atomic mass is 32.2. The van der Waals surface area contributed by atoms with E-state index >= 15 is 0 Å². The molecule has 4 aliphatic rings. The second kappa shape index (κ2) is 11.7. The van der Waals surface area contributed by atoms with Crippen LogP contribution in [0.25, 0.3) is 71.0 Å². The minimum atomic E-state index is 0.260. The molecule has 1 nitrogen and oxygen atoms in total. The van der Waals surface area contributed by atoms with Gasteiger partial charge in [0.15, 0.2) is 0 Å². The SMILES string of the molecule is C1=CC2C(c3ccccc3)=CC=C(c3c4ccccc4c(C4=CC=C5Sc6c(ccc7cc8oc9ccccc9c8cc67)C5C4)c4ccccc34)C2C=C1. The maximum atomic E-state index is 6.26. The molecule has 3 atom stereocenters. The Balaban J connectivity index is 1.00. The van der Waals surface area contributed by atoms with Crippen LogP contribution < -0.4 is 0 Å². The van der Waals surface area contributed by atoms with Crippen molar-refractivity contribution in [1.82, 2.24) is 0 Å². The Morgan fingerprint density at radius 3 is 1.91 bits per heavy atom. The lowest BCUT2D eigenvalue weighted by Gasteiger charge is -2.34. The zero-order valence-electron chi connectivity index (χ0n) is 29.5. The molecular formula is C52H34OS. The van der Waals surface area contributed by atoms with Crippen LogP contribution in [0.3, 0.4) is 0 Å². The standard InChI is InChI=1S/C52H34OS/c1-2-12-31(13-3-1)34-25-26-42(36-15-5-4-14-35(34)36)51-40-19-8-6-17-38(40)50(39-18-7-9-20-41(39)51)33-23-27-49-46(28-33)43-24-22-32-29-48-45(30-44(32)52(43)54-49)37-16-10-11-21-47(37)53-48/h1-27,29-30,35-36,46H,28H2. The van der Waals surface area contributed by atoms with Crippen LogP contribution in [0, 0.1) is 11.8 Å². The zero-order chi connectivity index (χ0) is 35.3. The number of allylic oxidation sites excluding steroid dienone is 12. The van der Waals surface area contributed by atoms with E-state index < -0.39 is 0 Å². The van der Waals surface area contributed by atoms with Gasteiger partial charge in [0.2, 0.25) is 0 Å². The van der Waals surface area contributed by atoms with Crippen LogP contribution in [0.1, 0.15) is 34.6 Å². The predicted octanol–water partition coefficient (Wildman–Crippen LogP) is 14.4. The van der Waals surface area contributed by atoms with Crippen LogP contribution in [0.5, 0.6) is 0 Å². The van der Waals surface area contributed by atoms with Gasteiger partial charge < -0.3 is 4.42 Å². The molecule has 254 valence electrons. The minimum absolute atomic E-state index is 0.260. The van der Waals surface area contributed by atoms with Crippen molar-refractivity contribution in [2.45, 2.75) is 17.2 Å². The number of fused-ring (bicyclic) bond motifs is 11. The summed E-state index contributed by atoms with van der Waals surface area (Å²) in [5, 5.41) is 10.3. The molecule has 0 saturated heterocycles. The first-order valence-electron chi connectivity index (χ1n) is 19.0. The summed E-state index contributed by atoms with van der Waals surface area (Å²) in [6.07, 6.45) is 19.9. The minimum Gasteiger partial charge on any atom is -0.456 e. The molecule has 2 heteroatoms. The summed E-state index contributed by atoms with van der Waals surface area (Å²) >= 11 is 1.96. The van der Waals surface area contributed by atoms with Crippen LogP contribution in [0.4, 0.5) is 0 Å². The summed E-state index contributed by atoms with van der Waals surface area (Å²) in [5.74, 6) is 0.889. The van der Waals surface area contributed by atoms with E-state index in [4.69, 9.17) is 4.42 Å². The average molecular weight is 707 g/mol. The average Bonchev–Trinajstić information content (AvgIpc) is 3.79. The third kappa shape index (κ3) is 4.41. The van der Waals surface area contributed by atoms with Gasteiger partial charge in [0.05, 0.1) is 0 Å². The predicted molar refractivity (Wildman–Crippen MR) is 230 cm³/mol. The van der Waals surface area contributed by atoms with Gasteiger partial charge in [-0.15, -0.1) is 0 Å². The van der Waals surface area contributed by atoms with Crippen LogP contribution in [0.2, 0.25) is 0 Å². The summed E-state index contributed by atoms with van der Waals surface area (Å²) in [4.78, 5) is 2.84. The number of furan rings is 1. The molecule has 0 bridgehead atoms. The summed E-state index contributed by atoms with van der Waals surface area (Å²) in [5.41, 5.74) is 11.6. The number of thioether (sulfide) groups is 1. The van der Waals surface area contributed by atoms with Crippen molar-refractivity contribution >= 4 is 82.7 Å². The molecule has 3 aliphatic carbocycles. The molecule has 0 fully saturated rings. The highest BCUT2D eigenvalue weighted by Crippen LogP contribution is 2.57. The van der Waals surface area contributed by atoms with E-state index in [0.717, 1.165) is 17.6 Å². The van der Waals surface area contributed by atoms with E-state index in [1.54, 1.807) is 0 Å². The van der Waals surface area contributed by atoms with Gasteiger partial charge in [0.1, 0.15) is 11.2 Å². The summed E-state index contributed by atoms with van der Waals surface area (Å²) < 4.78 is 6.26. The molecule has 0 spiro atoms. The Kier molecular flexibility index (Phi) is 6.58. The topological polar surface area (TPSA) is 13.1 Å². The van der Waals surface area contributed by atoms with Crippen molar-refractivity contribution < 1.29 is 4.42 Å². The molecule has 0 saturated carbocycles. The fourth-order valence-electron chi connectivity index (χ4n) is 9.84. The molecule has 0 N–H and O–H groups in total. The first-order chi connectivity index (χ1) is 26.8. The number of rotatable bonds is 3. The van der Waals surface area contributed by atoms with Crippen molar-refractivity contribution in [2.24, 2.45) is 11.8 Å². The van der Waals surface area contributed by atoms with Crippen molar-refractivity contribution in [3.63, 3.8) is 0 Å². The Bertz CT molecular complexity index is 3050. The molecule has 3 unspecified atom stereocenters. The van der Waals surface area contributed by atoms with E-state index in [1.165, 1.54) is 91.9 Å². The maximum absolute atomic E-state index is 6.26. The van der Waals surface area contributed by atoms with Gasteiger partial charge in [-0.2, -0.15) is 0 Å². The number of hydrogen-bond acceptors (Lipinski definition) is 2. The highest BCUT2D eigenvalue weighted by molar-refractivity contribution is 8.03. The molecular weight excluding hydrogens is 673 g/mol. The van der Waals surface area contributed by atoms with Gasteiger partial charge in [-0.25, -0.2) is 0 Å². The van der Waals surface area contributed by atoms with Crippen LogP contribution in [-0.4, -0.2) is 0 Å². The first-order valence-corrected chi connectivity index (χ1v) is 19.8. The van der Waals surface area contributed by atoms with Crippen LogP contribution >= 0.6 is 11.8 Å². The maximum Gasteiger partial charge on any atom is 0.136 e. The highest BCUT2D eigenvalue weighted by Gasteiger charge is 2.35. The molecule has 1 aromatic heterocycles. The monoisotopic (exact) mass is 706 g/mol. The van der Waals surface area contributed by atoms with E-state index in [2.05, 4.69) is 170 Å². The van der Waals surface area contributed by atoms with Gasteiger partial charge in [0.25, 0.3) is 0 Å². The van der Waals surface area contributed by atoms with Crippen molar-refractivity contribution in [3.05, 3.63) is 203 Å². The molecule has 2 heterocycles. The largest absolute Gasteiger partial charge is 0.456 e. The molecule has 7 aromatic carbocycles. The molecule has 8 aromatic rings. The van der Waals surface area contributed by atoms with Crippen LogP contribution in [-0.2, 0) is 0 Å². The fourth-order valence-corrected chi connectivity index (χ4v) is 11.2.